The van der Waals surface area contributed by atoms with Gasteiger partial charge in [-0.25, -0.2) is 4.98 Å². The Balaban J connectivity index is 2.41. The second-order valence-electron chi connectivity index (χ2n) is 4.51. The minimum absolute atomic E-state index is 0.349. The third kappa shape index (κ3) is 3.05. The molecule has 0 bridgehead atoms. The lowest BCUT2D eigenvalue weighted by atomic mass is 10.0. The van der Waals surface area contributed by atoms with Crippen molar-refractivity contribution in [3.05, 3.63) is 41.2 Å². The van der Waals surface area contributed by atoms with E-state index in [1.54, 1.807) is 7.11 Å². The number of nitrogens with zero attached hydrogens (tertiary/aromatic N) is 2. The number of benzene rings is 1. The molecule has 0 radical (unpaired) electrons. The minimum Gasteiger partial charge on any atom is -0.496 e. The van der Waals surface area contributed by atoms with E-state index in [4.69, 9.17) is 19.9 Å². The van der Waals surface area contributed by atoms with Gasteiger partial charge >= 0.3 is 0 Å². The van der Waals surface area contributed by atoms with Crippen molar-refractivity contribution in [3.8, 4) is 17.5 Å². The Morgan fingerprint density at radius 3 is 2.48 bits per heavy atom. The first-order chi connectivity index (χ1) is 10.1. The van der Waals surface area contributed by atoms with Gasteiger partial charge in [0.05, 0.1) is 33.6 Å². The van der Waals surface area contributed by atoms with E-state index >= 15 is 0 Å². The Kier molecular flexibility index (Phi) is 4.59. The summed E-state index contributed by atoms with van der Waals surface area (Å²) in [5.41, 5.74) is 8.74. The van der Waals surface area contributed by atoms with E-state index in [2.05, 4.69) is 9.97 Å². The zero-order chi connectivity index (χ0) is 15.4. The molecule has 2 rings (SSSR count). The van der Waals surface area contributed by atoms with Gasteiger partial charge < -0.3 is 19.9 Å². The van der Waals surface area contributed by atoms with Crippen molar-refractivity contribution < 1.29 is 14.2 Å². The summed E-state index contributed by atoms with van der Waals surface area (Å²) in [7, 11) is 4.68. The summed E-state index contributed by atoms with van der Waals surface area (Å²) in [5.74, 6) is 1.51. The average Bonchev–Trinajstić information content (AvgIpc) is 2.54. The molecule has 1 heterocycles. The molecular formula is C15H19N3O3. The van der Waals surface area contributed by atoms with Crippen molar-refractivity contribution >= 4 is 0 Å². The van der Waals surface area contributed by atoms with Crippen LogP contribution in [-0.2, 0) is 0 Å². The van der Waals surface area contributed by atoms with Gasteiger partial charge in [0.2, 0.25) is 11.8 Å². The van der Waals surface area contributed by atoms with E-state index in [1.165, 1.54) is 20.4 Å². The van der Waals surface area contributed by atoms with E-state index in [-0.39, 0.29) is 0 Å². The number of aryl methyl sites for hydroxylation is 1. The molecule has 1 aromatic carbocycles. The Hall–Kier alpha value is -2.34. The maximum atomic E-state index is 6.28. The van der Waals surface area contributed by atoms with E-state index in [1.807, 2.05) is 25.1 Å². The molecule has 6 nitrogen and oxygen atoms in total. The summed E-state index contributed by atoms with van der Waals surface area (Å²) in [4.78, 5) is 8.49. The zero-order valence-electron chi connectivity index (χ0n) is 12.6. The molecule has 6 heteroatoms. The van der Waals surface area contributed by atoms with Crippen LogP contribution in [0.2, 0.25) is 0 Å². The second-order valence-corrected chi connectivity index (χ2v) is 4.51. The van der Waals surface area contributed by atoms with Gasteiger partial charge in [-0.15, -0.1) is 0 Å². The maximum Gasteiger partial charge on any atom is 0.240 e. The highest BCUT2D eigenvalue weighted by molar-refractivity contribution is 5.41. The summed E-state index contributed by atoms with van der Waals surface area (Å²) < 4.78 is 15.6. The number of aromatic nitrogens is 2. The third-order valence-electron chi connectivity index (χ3n) is 3.23. The topological polar surface area (TPSA) is 79.5 Å². The molecule has 112 valence electrons. The van der Waals surface area contributed by atoms with Gasteiger partial charge in [-0.3, -0.25) is 0 Å². The molecule has 1 unspecified atom stereocenters. The fourth-order valence-electron chi connectivity index (χ4n) is 2.02. The number of hydrogen-bond acceptors (Lipinski definition) is 6. The van der Waals surface area contributed by atoms with Crippen LogP contribution in [0, 0.1) is 6.92 Å². The fraction of sp³-hybridized carbons (Fsp3) is 0.333. The Bertz CT molecular complexity index is 632. The summed E-state index contributed by atoms with van der Waals surface area (Å²) in [6.07, 6.45) is 1.52. The first-order valence-corrected chi connectivity index (χ1v) is 6.45. The third-order valence-corrected chi connectivity index (χ3v) is 3.23. The molecule has 0 aliphatic heterocycles. The molecule has 1 atom stereocenters. The lowest BCUT2D eigenvalue weighted by Gasteiger charge is -2.16. The number of ether oxygens (including phenoxy) is 3. The number of nitrogens with two attached hydrogens (primary N) is 1. The highest BCUT2D eigenvalue weighted by Crippen LogP contribution is 2.29. The number of hydrogen-bond donors (Lipinski definition) is 1. The molecule has 0 aliphatic carbocycles. The van der Waals surface area contributed by atoms with Gasteiger partial charge in [-0.05, 0) is 24.1 Å². The first kappa shape index (κ1) is 15.1. The van der Waals surface area contributed by atoms with Crippen LogP contribution < -0.4 is 19.9 Å². The predicted octanol–water partition coefficient (Wildman–Crippen LogP) is 1.86. The Labute approximate surface area is 123 Å². The van der Waals surface area contributed by atoms with Crippen LogP contribution in [0.4, 0.5) is 0 Å². The molecule has 0 saturated carbocycles. The smallest absolute Gasteiger partial charge is 0.240 e. The number of rotatable bonds is 5. The van der Waals surface area contributed by atoms with Crippen molar-refractivity contribution in [2.24, 2.45) is 5.73 Å². The van der Waals surface area contributed by atoms with Crippen LogP contribution in [0.1, 0.15) is 22.9 Å². The fourth-order valence-corrected chi connectivity index (χ4v) is 2.02. The molecule has 0 aliphatic rings. The molecule has 0 fully saturated rings. The summed E-state index contributed by atoms with van der Waals surface area (Å²) >= 11 is 0. The van der Waals surface area contributed by atoms with Crippen LogP contribution in [0.25, 0.3) is 0 Å². The van der Waals surface area contributed by atoms with Gasteiger partial charge in [-0.2, -0.15) is 4.98 Å². The quantitative estimate of drug-likeness (QED) is 0.905. The largest absolute Gasteiger partial charge is 0.496 e. The van der Waals surface area contributed by atoms with E-state index < -0.39 is 6.04 Å². The van der Waals surface area contributed by atoms with Gasteiger partial charge in [0, 0.05) is 0 Å². The summed E-state index contributed by atoms with van der Waals surface area (Å²) in [6.45, 7) is 1.97. The minimum atomic E-state index is -0.465. The van der Waals surface area contributed by atoms with E-state index in [0.717, 1.165) is 16.9 Å². The highest BCUT2D eigenvalue weighted by atomic mass is 16.5. The van der Waals surface area contributed by atoms with Crippen LogP contribution >= 0.6 is 0 Å². The van der Waals surface area contributed by atoms with Crippen molar-refractivity contribution in [1.29, 1.82) is 0 Å². The van der Waals surface area contributed by atoms with Gasteiger partial charge in [-0.1, -0.05) is 12.1 Å². The SMILES string of the molecule is COc1cnc(C(N)c2ccc(C)c(OC)c2)c(OC)n1. The van der Waals surface area contributed by atoms with Gasteiger partial charge in [0.15, 0.2) is 0 Å². The van der Waals surface area contributed by atoms with E-state index in [9.17, 15) is 0 Å². The molecule has 0 spiro atoms. The lowest BCUT2D eigenvalue weighted by molar-refractivity contribution is 0.355. The molecule has 2 N–H and O–H groups in total. The molecule has 0 saturated heterocycles. The van der Waals surface area contributed by atoms with Crippen LogP contribution in [-0.4, -0.2) is 31.3 Å². The van der Waals surface area contributed by atoms with Crippen molar-refractivity contribution in [2.45, 2.75) is 13.0 Å². The molecular weight excluding hydrogens is 270 g/mol. The Morgan fingerprint density at radius 2 is 1.86 bits per heavy atom. The highest BCUT2D eigenvalue weighted by Gasteiger charge is 2.19. The Morgan fingerprint density at radius 1 is 1.10 bits per heavy atom. The second kappa shape index (κ2) is 6.41. The average molecular weight is 289 g/mol. The predicted molar refractivity (Wildman–Crippen MR) is 78.9 cm³/mol. The first-order valence-electron chi connectivity index (χ1n) is 6.45. The van der Waals surface area contributed by atoms with E-state index in [0.29, 0.717) is 17.5 Å². The zero-order valence-corrected chi connectivity index (χ0v) is 12.6. The van der Waals surface area contributed by atoms with Crippen LogP contribution in [0.3, 0.4) is 0 Å². The van der Waals surface area contributed by atoms with Gasteiger partial charge in [0.25, 0.3) is 0 Å². The monoisotopic (exact) mass is 289 g/mol. The van der Waals surface area contributed by atoms with Crippen molar-refractivity contribution in [1.82, 2.24) is 9.97 Å². The lowest BCUT2D eigenvalue weighted by Crippen LogP contribution is -2.16. The maximum absolute atomic E-state index is 6.28. The molecule has 2 aromatic rings. The van der Waals surface area contributed by atoms with Crippen LogP contribution in [0.15, 0.2) is 24.4 Å². The molecule has 21 heavy (non-hydrogen) atoms. The van der Waals surface area contributed by atoms with Crippen molar-refractivity contribution in [2.75, 3.05) is 21.3 Å². The normalized spacial score (nSPS) is 11.9. The van der Waals surface area contributed by atoms with Crippen molar-refractivity contribution in [3.63, 3.8) is 0 Å². The molecule has 0 amide bonds. The standard InChI is InChI=1S/C15H19N3O3/c1-9-5-6-10(7-11(9)19-2)13(16)14-15(21-4)18-12(20-3)8-17-14/h5-8,13H,16H2,1-4H3. The number of methoxy groups -OCH3 is 3. The van der Waals surface area contributed by atoms with Gasteiger partial charge in [0.1, 0.15) is 11.4 Å². The molecule has 1 aromatic heterocycles. The summed E-state index contributed by atoms with van der Waals surface area (Å²) in [6, 6.07) is 5.32. The van der Waals surface area contributed by atoms with Crippen LogP contribution in [0.5, 0.6) is 17.5 Å². The summed E-state index contributed by atoms with van der Waals surface area (Å²) in [5, 5.41) is 0.